The monoisotopic (exact) mass is 334 g/mol. The number of hydrogen-bond donors (Lipinski definition) is 0. The van der Waals surface area contributed by atoms with E-state index in [0.717, 1.165) is 17.8 Å². The lowest BCUT2D eigenvalue weighted by Gasteiger charge is -2.31. The first kappa shape index (κ1) is 10.4. The SMILES string of the molecule is IC1=C2C=CC=C3C4C=CC=CC4C(CC1)C32. The van der Waals surface area contributed by atoms with E-state index in [1.165, 1.54) is 12.8 Å². The number of allylic oxidation sites excluding steroid dienone is 10. The third-order valence-electron chi connectivity index (χ3n) is 4.75. The molecule has 0 nitrogen and oxygen atoms in total. The average Bonchev–Trinajstić information content (AvgIpc) is 2.70. The molecule has 0 aliphatic heterocycles. The van der Waals surface area contributed by atoms with Gasteiger partial charge in [0.2, 0.25) is 0 Å². The zero-order valence-corrected chi connectivity index (χ0v) is 11.8. The summed E-state index contributed by atoms with van der Waals surface area (Å²) in [5, 5.41) is 0. The molecule has 0 aromatic heterocycles. The Morgan fingerprint density at radius 2 is 2.00 bits per heavy atom. The van der Waals surface area contributed by atoms with Crippen LogP contribution >= 0.6 is 22.6 Å². The molecule has 0 heterocycles. The standard InChI is InChI=1S/C16H15I/c17-15-9-8-13-11-5-2-1-4-10(11)12-6-3-7-14(15)16(12)13/h1-7,10-11,13,16H,8-9H2. The zero-order valence-electron chi connectivity index (χ0n) is 9.64. The molecule has 0 spiro atoms. The molecule has 1 saturated carbocycles. The van der Waals surface area contributed by atoms with Crippen LogP contribution < -0.4 is 0 Å². The van der Waals surface area contributed by atoms with Crippen LogP contribution in [0.2, 0.25) is 0 Å². The summed E-state index contributed by atoms with van der Waals surface area (Å²) in [4.78, 5) is 0. The van der Waals surface area contributed by atoms with Crippen LogP contribution in [0.15, 0.2) is 57.3 Å². The number of halogens is 1. The fraction of sp³-hybridized carbons (Fsp3) is 0.375. The molecular formula is C16H15I. The van der Waals surface area contributed by atoms with Crippen LogP contribution in [0.1, 0.15) is 12.8 Å². The summed E-state index contributed by atoms with van der Waals surface area (Å²) in [6, 6.07) is 0. The van der Waals surface area contributed by atoms with Crippen molar-refractivity contribution in [3.8, 4) is 0 Å². The molecule has 4 aliphatic carbocycles. The molecule has 4 atom stereocenters. The van der Waals surface area contributed by atoms with Gasteiger partial charge in [0.25, 0.3) is 0 Å². The van der Waals surface area contributed by atoms with Crippen molar-refractivity contribution in [2.75, 3.05) is 0 Å². The molecule has 0 aromatic rings. The van der Waals surface area contributed by atoms with Crippen LogP contribution in [-0.4, -0.2) is 0 Å². The summed E-state index contributed by atoms with van der Waals surface area (Å²) < 4.78 is 1.59. The molecule has 0 radical (unpaired) electrons. The average molecular weight is 334 g/mol. The second-order valence-electron chi connectivity index (χ2n) is 5.44. The summed E-state index contributed by atoms with van der Waals surface area (Å²) in [7, 11) is 0. The van der Waals surface area contributed by atoms with Crippen molar-refractivity contribution in [2.45, 2.75) is 12.8 Å². The lowest BCUT2D eigenvalue weighted by atomic mass is 9.75. The second kappa shape index (κ2) is 3.71. The predicted octanol–water partition coefficient (Wildman–Crippen LogP) is 4.57. The van der Waals surface area contributed by atoms with E-state index < -0.39 is 0 Å². The smallest absolute Gasteiger partial charge is 0.00989 e. The molecule has 86 valence electrons. The molecule has 1 fully saturated rings. The Morgan fingerprint density at radius 1 is 1.12 bits per heavy atom. The largest absolute Gasteiger partial charge is 0.0802 e. The number of rotatable bonds is 0. The first-order chi connectivity index (χ1) is 8.36. The van der Waals surface area contributed by atoms with Gasteiger partial charge in [0.05, 0.1) is 0 Å². The topological polar surface area (TPSA) is 0 Å². The van der Waals surface area contributed by atoms with E-state index >= 15 is 0 Å². The Bertz CT molecular complexity index is 516. The maximum atomic E-state index is 2.56. The van der Waals surface area contributed by atoms with Crippen molar-refractivity contribution >= 4 is 22.6 Å². The fourth-order valence-corrected chi connectivity index (χ4v) is 4.92. The Labute approximate surface area is 116 Å². The molecule has 0 aromatic carbocycles. The summed E-state index contributed by atoms with van der Waals surface area (Å²) in [5.74, 6) is 3.02. The van der Waals surface area contributed by atoms with Gasteiger partial charge in [0.1, 0.15) is 0 Å². The van der Waals surface area contributed by atoms with E-state index in [1.54, 1.807) is 14.7 Å². The first-order valence-corrected chi connectivity index (χ1v) is 7.56. The van der Waals surface area contributed by atoms with Gasteiger partial charge in [-0.3, -0.25) is 0 Å². The molecule has 1 heteroatoms. The van der Waals surface area contributed by atoms with Gasteiger partial charge in [-0.25, -0.2) is 0 Å². The summed E-state index contributed by atoms with van der Waals surface area (Å²) in [6.07, 6.45) is 19.0. The van der Waals surface area contributed by atoms with Gasteiger partial charge in [-0.05, 0) is 56.4 Å². The summed E-state index contributed by atoms with van der Waals surface area (Å²) in [6.45, 7) is 0. The predicted molar refractivity (Wildman–Crippen MR) is 79.7 cm³/mol. The Kier molecular flexibility index (Phi) is 2.26. The van der Waals surface area contributed by atoms with E-state index in [0.29, 0.717) is 5.92 Å². The normalized spacial score (nSPS) is 41.4. The third kappa shape index (κ3) is 1.35. The summed E-state index contributed by atoms with van der Waals surface area (Å²) in [5.41, 5.74) is 3.29. The molecule has 0 amide bonds. The third-order valence-corrected chi connectivity index (χ3v) is 5.92. The molecule has 17 heavy (non-hydrogen) atoms. The van der Waals surface area contributed by atoms with E-state index in [-0.39, 0.29) is 0 Å². The highest BCUT2D eigenvalue weighted by atomic mass is 127. The molecular weight excluding hydrogens is 319 g/mol. The van der Waals surface area contributed by atoms with E-state index in [9.17, 15) is 0 Å². The van der Waals surface area contributed by atoms with Crippen LogP contribution in [0, 0.1) is 23.7 Å². The Balaban J connectivity index is 1.89. The molecule has 4 rings (SSSR count). The summed E-state index contributed by atoms with van der Waals surface area (Å²) >= 11 is 2.56. The minimum absolute atomic E-state index is 0.678. The van der Waals surface area contributed by atoms with Crippen LogP contribution in [0.25, 0.3) is 0 Å². The minimum Gasteiger partial charge on any atom is -0.0802 e. The van der Waals surface area contributed by atoms with Crippen molar-refractivity contribution in [3.63, 3.8) is 0 Å². The highest BCUT2D eigenvalue weighted by Gasteiger charge is 2.48. The van der Waals surface area contributed by atoms with Crippen molar-refractivity contribution in [1.29, 1.82) is 0 Å². The Morgan fingerprint density at radius 3 is 2.94 bits per heavy atom. The van der Waals surface area contributed by atoms with Gasteiger partial charge in [-0.1, -0.05) is 48.1 Å². The first-order valence-electron chi connectivity index (χ1n) is 6.48. The van der Waals surface area contributed by atoms with Crippen molar-refractivity contribution in [3.05, 3.63) is 57.3 Å². The lowest BCUT2D eigenvalue weighted by molar-refractivity contribution is 0.342. The van der Waals surface area contributed by atoms with Crippen molar-refractivity contribution in [2.24, 2.45) is 23.7 Å². The molecule has 0 bridgehead atoms. The van der Waals surface area contributed by atoms with Crippen LogP contribution in [0.4, 0.5) is 0 Å². The van der Waals surface area contributed by atoms with Gasteiger partial charge in [-0.15, -0.1) is 0 Å². The molecule has 4 aliphatic rings. The van der Waals surface area contributed by atoms with Crippen molar-refractivity contribution in [1.82, 2.24) is 0 Å². The van der Waals surface area contributed by atoms with E-state index in [1.807, 2.05) is 0 Å². The van der Waals surface area contributed by atoms with Crippen LogP contribution in [0.5, 0.6) is 0 Å². The van der Waals surface area contributed by atoms with Gasteiger partial charge in [-0.2, -0.15) is 0 Å². The van der Waals surface area contributed by atoms with E-state index in [4.69, 9.17) is 0 Å². The van der Waals surface area contributed by atoms with Crippen LogP contribution in [0.3, 0.4) is 0 Å². The van der Waals surface area contributed by atoms with Crippen molar-refractivity contribution < 1.29 is 0 Å². The maximum absolute atomic E-state index is 2.56. The van der Waals surface area contributed by atoms with Gasteiger partial charge in [0, 0.05) is 11.8 Å². The van der Waals surface area contributed by atoms with Gasteiger partial charge >= 0.3 is 0 Å². The quantitative estimate of drug-likeness (QED) is 0.569. The number of hydrogen-bond acceptors (Lipinski definition) is 0. The fourth-order valence-electron chi connectivity index (χ4n) is 4.09. The second-order valence-corrected chi connectivity index (χ2v) is 6.74. The molecule has 4 unspecified atom stereocenters. The van der Waals surface area contributed by atoms with Gasteiger partial charge in [0.15, 0.2) is 0 Å². The highest BCUT2D eigenvalue weighted by Crippen LogP contribution is 2.57. The lowest BCUT2D eigenvalue weighted by Crippen LogP contribution is -2.21. The molecule has 0 saturated heterocycles. The highest BCUT2D eigenvalue weighted by molar-refractivity contribution is 14.1. The van der Waals surface area contributed by atoms with Gasteiger partial charge < -0.3 is 0 Å². The minimum atomic E-state index is 0.678. The zero-order chi connectivity index (χ0) is 11.4. The Hall–Kier alpha value is -0.570. The number of fused-ring (bicyclic) bond motifs is 3. The van der Waals surface area contributed by atoms with Crippen LogP contribution in [-0.2, 0) is 0 Å². The molecule has 0 N–H and O–H groups in total. The van der Waals surface area contributed by atoms with E-state index in [2.05, 4.69) is 65.1 Å². The maximum Gasteiger partial charge on any atom is 0.00989 e.